The lowest BCUT2D eigenvalue weighted by Gasteiger charge is -2.03. The van der Waals surface area contributed by atoms with E-state index < -0.39 is 0 Å². The summed E-state index contributed by atoms with van der Waals surface area (Å²) in [5, 5.41) is 7.23. The van der Waals surface area contributed by atoms with Crippen molar-refractivity contribution in [2.45, 2.75) is 12.4 Å². The smallest absolute Gasteiger partial charge is 0.152 e. The van der Waals surface area contributed by atoms with E-state index in [0.29, 0.717) is 16.2 Å². The monoisotopic (exact) mass is 399 g/mol. The van der Waals surface area contributed by atoms with E-state index in [1.165, 1.54) is 0 Å². The lowest BCUT2D eigenvalue weighted by Crippen LogP contribution is -2.09. The molecule has 0 radical (unpaired) electrons. The van der Waals surface area contributed by atoms with Crippen molar-refractivity contribution in [2.75, 3.05) is 14.1 Å². The van der Waals surface area contributed by atoms with Crippen molar-refractivity contribution in [1.82, 2.24) is 15.2 Å². The van der Waals surface area contributed by atoms with Gasteiger partial charge in [0.1, 0.15) is 9.21 Å². The highest BCUT2D eigenvalue weighted by Gasteiger charge is 2.01. The molecule has 0 aliphatic rings. The van der Waals surface area contributed by atoms with Crippen LogP contribution in [0.25, 0.3) is 0 Å². The molecule has 0 saturated carbocycles. The van der Waals surface area contributed by atoms with Crippen LogP contribution in [0.3, 0.4) is 0 Å². The maximum atomic E-state index is 5.39. The molecule has 2 aromatic rings. The molecule has 0 aliphatic heterocycles. The third-order valence-corrected chi connectivity index (χ3v) is 2.67. The number of halogens is 3. The van der Waals surface area contributed by atoms with Gasteiger partial charge in [-0.15, -0.1) is 11.6 Å². The molecule has 0 spiro atoms. The standard InChI is InChI=1S/C6H9BrN2O.C4H3BrClNO/c1-9(2)4-5-3-6(7)8-10-5;5-4-1-3(2-6)8-7-4/h3H,4H2,1-2H3;1H,2H2. The van der Waals surface area contributed by atoms with Crippen molar-refractivity contribution in [3.63, 3.8) is 0 Å². The van der Waals surface area contributed by atoms with E-state index in [-0.39, 0.29) is 0 Å². The van der Waals surface area contributed by atoms with E-state index >= 15 is 0 Å². The van der Waals surface area contributed by atoms with Crippen LogP contribution in [0, 0.1) is 0 Å². The molecule has 0 aliphatic carbocycles. The molecule has 0 N–H and O–H groups in total. The van der Waals surface area contributed by atoms with Crippen molar-refractivity contribution < 1.29 is 9.05 Å². The topological polar surface area (TPSA) is 55.3 Å². The molecule has 0 unspecified atom stereocenters. The molecule has 8 heteroatoms. The van der Waals surface area contributed by atoms with Crippen molar-refractivity contribution in [3.8, 4) is 0 Å². The first-order valence-corrected chi connectivity index (χ1v) is 7.06. The Morgan fingerprint density at radius 2 is 1.61 bits per heavy atom. The van der Waals surface area contributed by atoms with Crippen molar-refractivity contribution >= 4 is 43.5 Å². The Balaban J connectivity index is 0.000000184. The van der Waals surface area contributed by atoms with Gasteiger partial charge in [-0.2, -0.15) is 0 Å². The third-order valence-electron chi connectivity index (χ3n) is 1.66. The lowest BCUT2D eigenvalue weighted by molar-refractivity contribution is 0.308. The summed E-state index contributed by atoms with van der Waals surface area (Å²) in [4.78, 5) is 2.02. The quantitative estimate of drug-likeness (QED) is 0.735. The molecular formula is C10H12Br2ClN3O2. The van der Waals surface area contributed by atoms with Crippen LogP contribution in [0.15, 0.2) is 30.4 Å². The van der Waals surface area contributed by atoms with Gasteiger partial charge in [0.25, 0.3) is 0 Å². The predicted molar refractivity (Wildman–Crippen MR) is 75.4 cm³/mol. The van der Waals surface area contributed by atoms with Crippen LogP contribution in [0.1, 0.15) is 11.5 Å². The first-order valence-electron chi connectivity index (χ1n) is 4.94. The average molecular weight is 401 g/mol. The fraction of sp³-hybridized carbons (Fsp3) is 0.400. The summed E-state index contributed by atoms with van der Waals surface area (Å²) in [6.45, 7) is 0.790. The molecule has 100 valence electrons. The number of hydrogen-bond donors (Lipinski definition) is 0. The summed E-state index contributed by atoms with van der Waals surface area (Å²) >= 11 is 11.7. The van der Waals surface area contributed by atoms with Gasteiger partial charge in [-0.3, -0.25) is 0 Å². The molecule has 2 aromatic heterocycles. The van der Waals surface area contributed by atoms with Crippen LogP contribution in [0.5, 0.6) is 0 Å². The Bertz CT molecular complexity index is 473. The fourth-order valence-corrected chi connectivity index (χ4v) is 1.81. The van der Waals surface area contributed by atoms with E-state index in [1.807, 2.05) is 25.1 Å². The molecule has 0 saturated heterocycles. The number of alkyl halides is 1. The van der Waals surface area contributed by atoms with Gasteiger partial charge in [-0.05, 0) is 46.0 Å². The molecular weight excluding hydrogens is 389 g/mol. The van der Waals surface area contributed by atoms with Gasteiger partial charge >= 0.3 is 0 Å². The molecule has 2 heterocycles. The summed E-state index contributed by atoms with van der Waals surface area (Å²) in [6.07, 6.45) is 0. The van der Waals surface area contributed by atoms with E-state index in [1.54, 1.807) is 6.07 Å². The molecule has 0 aromatic carbocycles. The van der Waals surface area contributed by atoms with Crippen molar-refractivity contribution in [2.24, 2.45) is 0 Å². The summed E-state index contributed by atoms with van der Waals surface area (Å²) < 4.78 is 11.1. The Labute approximate surface area is 127 Å². The number of hydrogen-bond acceptors (Lipinski definition) is 5. The van der Waals surface area contributed by atoms with Gasteiger partial charge in [-0.1, -0.05) is 10.3 Å². The molecule has 0 amide bonds. The van der Waals surface area contributed by atoms with E-state index in [9.17, 15) is 0 Å². The van der Waals surface area contributed by atoms with Gasteiger partial charge in [0.05, 0.1) is 12.4 Å². The molecule has 0 bridgehead atoms. The van der Waals surface area contributed by atoms with Crippen LogP contribution >= 0.6 is 43.5 Å². The Morgan fingerprint density at radius 3 is 1.89 bits per heavy atom. The summed E-state index contributed by atoms with van der Waals surface area (Å²) in [5.41, 5.74) is 0. The molecule has 0 atom stereocenters. The SMILES string of the molecule is CN(C)Cc1cc(Br)no1.ClCc1cc(Br)no1. The van der Waals surface area contributed by atoms with Crippen LogP contribution in [0.4, 0.5) is 0 Å². The van der Waals surface area contributed by atoms with Crippen LogP contribution in [-0.2, 0) is 12.4 Å². The first kappa shape index (κ1) is 15.7. The fourth-order valence-electron chi connectivity index (χ4n) is 1.02. The molecule has 18 heavy (non-hydrogen) atoms. The Kier molecular flexibility index (Phi) is 6.91. The summed E-state index contributed by atoms with van der Waals surface area (Å²) in [7, 11) is 3.97. The van der Waals surface area contributed by atoms with Crippen molar-refractivity contribution in [3.05, 3.63) is 32.9 Å². The minimum absolute atomic E-state index is 0.374. The lowest BCUT2D eigenvalue weighted by atomic mass is 10.4. The second-order valence-electron chi connectivity index (χ2n) is 3.60. The second-order valence-corrected chi connectivity index (χ2v) is 5.50. The zero-order valence-electron chi connectivity index (χ0n) is 9.86. The van der Waals surface area contributed by atoms with E-state index in [4.69, 9.17) is 16.1 Å². The molecule has 0 fully saturated rings. The minimum atomic E-state index is 0.374. The first-order chi connectivity index (χ1) is 8.51. The van der Waals surface area contributed by atoms with Gasteiger partial charge in [0.15, 0.2) is 11.5 Å². The zero-order chi connectivity index (χ0) is 13.5. The highest BCUT2D eigenvalue weighted by atomic mass is 79.9. The Morgan fingerprint density at radius 1 is 1.11 bits per heavy atom. The van der Waals surface area contributed by atoms with Gasteiger partial charge < -0.3 is 13.9 Å². The number of nitrogens with zero attached hydrogens (tertiary/aromatic N) is 3. The number of aromatic nitrogens is 2. The summed E-state index contributed by atoms with van der Waals surface area (Å²) in [6, 6.07) is 3.59. The van der Waals surface area contributed by atoms with Crippen LogP contribution < -0.4 is 0 Å². The third kappa shape index (κ3) is 5.99. The normalized spacial score (nSPS) is 10.3. The van der Waals surface area contributed by atoms with Gasteiger partial charge in [-0.25, -0.2) is 0 Å². The highest BCUT2D eigenvalue weighted by Crippen LogP contribution is 2.11. The largest absolute Gasteiger partial charge is 0.359 e. The van der Waals surface area contributed by atoms with Crippen LogP contribution in [0.2, 0.25) is 0 Å². The summed E-state index contributed by atoms with van der Waals surface area (Å²) in [5.74, 6) is 1.92. The minimum Gasteiger partial charge on any atom is -0.359 e. The molecule has 2 rings (SSSR count). The maximum absolute atomic E-state index is 5.39. The zero-order valence-corrected chi connectivity index (χ0v) is 13.8. The van der Waals surface area contributed by atoms with E-state index in [2.05, 4.69) is 46.7 Å². The Hall–Kier alpha value is -0.370. The highest BCUT2D eigenvalue weighted by molar-refractivity contribution is 9.10. The predicted octanol–water partition coefficient (Wildman–Crippen LogP) is 3.67. The average Bonchev–Trinajstić information content (AvgIpc) is 2.88. The second kappa shape index (κ2) is 7.93. The van der Waals surface area contributed by atoms with E-state index in [0.717, 1.165) is 16.9 Å². The number of rotatable bonds is 3. The van der Waals surface area contributed by atoms with Crippen molar-refractivity contribution in [1.29, 1.82) is 0 Å². The van der Waals surface area contributed by atoms with Gasteiger partial charge in [0, 0.05) is 12.1 Å². The maximum Gasteiger partial charge on any atom is 0.152 e. The van der Waals surface area contributed by atoms with Crippen LogP contribution in [-0.4, -0.2) is 29.3 Å². The molecule has 5 nitrogen and oxygen atoms in total. The van der Waals surface area contributed by atoms with Gasteiger partial charge in [0.2, 0.25) is 0 Å².